The third-order valence-corrected chi connectivity index (χ3v) is 3.49. The lowest BCUT2D eigenvalue weighted by molar-refractivity contribution is -0.384. The highest BCUT2D eigenvalue weighted by Gasteiger charge is 2.34. The van der Waals surface area contributed by atoms with E-state index in [1.165, 1.54) is 23.1 Å². The fourth-order valence-electron chi connectivity index (χ4n) is 2.30. The van der Waals surface area contributed by atoms with Crippen molar-refractivity contribution in [1.29, 1.82) is 0 Å². The minimum absolute atomic E-state index is 0.0718. The molecule has 1 amide bonds. The number of hydrogen-bond donors (Lipinski definition) is 1. The lowest BCUT2D eigenvalue weighted by Gasteiger charge is -2.19. The van der Waals surface area contributed by atoms with Crippen LogP contribution < -0.4 is 10.2 Å². The summed E-state index contributed by atoms with van der Waals surface area (Å²) in [5, 5.41) is 14.3. The van der Waals surface area contributed by atoms with Crippen LogP contribution in [0.25, 0.3) is 0 Å². The molecule has 2 rings (SSSR count). The van der Waals surface area contributed by atoms with E-state index in [4.69, 9.17) is 11.6 Å². The molecule has 1 N–H and O–H groups in total. The van der Waals surface area contributed by atoms with Gasteiger partial charge >= 0.3 is 0 Å². The number of nitro groups is 1. The number of halogens is 1. The number of anilines is 1. The second-order valence-corrected chi connectivity index (χ2v) is 5.45. The van der Waals surface area contributed by atoms with Gasteiger partial charge < -0.3 is 10.2 Å². The van der Waals surface area contributed by atoms with Crippen molar-refractivity contribution in [3.8, 4) is 0 Å². The number of non-ortho nitro benzene ring substituents is 1. The second kappa shape index (κ2) is 5.76. The molecule has 6 nitrogen and oxygen atoms in total. The molecule has 0 saturated carbocycles. The quantitative estimate of drug-likeness (QED) is 0.684. The van der Waals surface area contributed by atoms with Crippen molar-refractivity contribution < 1.29 is 9.72 Å². The van der Waals surface area contributed by atoms with Crippen molar-refractivity contribution in [2.24, 2.45) is 0 Å². The topological polar surface area (TPSA) is 75.5 Å². The Balaban J connectivity index is 2.26. The van der Waals surface area contributed by atoms with E-state index in [1.54, 1.807) is 0 Å². The molecular weight excluding hydrogens is 282 g/mol. The van der Waals surface area contributed by atoms with Crippen LogP contribution in [-0.2, 0) is 4.79 Å². The van der Waals surface area contributed by atoms with E-state index in [-0.39, 0.29) is 23.7 Å². The Hall–Kier alpha value is -1.66. The average Bonchev–Trinajstić information content (AvgIpc) is 2.71. The largest absolute Gasteiger partial charge is 0.309 e. The third-order valence-electron chi connectivity index (χ3n) is 3.17. The summed E-state index contributed by atoms with van der Waals surface area (Å²) in [5.41, 5.74) is 0.330. The summed E-state index contributed by atoms with van der Waals surface area (Å²) in [6.45, 7) is 4.44. The number of rotatable bonds is 4. The van der Waals surface area contributed by atoms with Crippen molar-refractivity contribution in [2.45, 2.75) is 32.4 Å². The van der Waals surface area contributed by atoms with Crippen LogP contribution in [0.4, 0.5) is 11.4 Å². The summed E-state index contributed by atoms with van der Waals surface area (Å²) in [6.07, 6.45) is 0.663. The molecule has 0 bridgehead atoms. The number of nitrogens with zero attached hydrogens (tertiary/aromatic N) is 2. The zero-order valence-electron chi connectivity index (χ0n) is 11.3. The molecule has 1 unspecified atom stereocenters. The molecule has 108 valence electrons. The maximum absolute atomic E-state index is 12.3. The van der Waals surface area contributed by atoms with Gasteiger partial charge in [-0.2, -0.15) is 0 Å². The van der Waals surface area contributed by atoms with Crippen molar-refractivity contribution >= 4 is 28.9 Å². The minimum atomic E-state index is -0.496. The van der Waals surface area contributed by atoms with Crippen LogP contribution in [-0.4, -0.2) is 29.5 Å². The van der Waals surface area contributed by atoms with Crippen LogP contribution in [0.1, 0.15) is 20.3 Å². The number of nitrogens with one attached hydrogen (secondary N) is 1. The van der Waals surface area contributed by atoms with Crippen LogP contribution in [0.5, 0.6) is 0 Å². The Morgan fingerprint density at radius 3 is 2.80 bits per heavy atom. The number of carbonyl (C=O) groups excluding carboxylic acids is 1. The molecule has 1 fully saturated rings. The summed E-state index contributed by atoms with van der Waals surface area (Å²) in [4.78, 5) is 24.1. The van der Waals surface area contributed by atoms with Crippen molar-refractivity contribution in [3.05, 3.63) is 33.3 Å². The SMILES string of the molecule is CC(C)NC1CCN(c2cc([N+](=O)[O-])ccc2Cl)C1=O. The molecule has 7 heteroatoms. The fourth-order valence-corrected chi connectivity index (χ4v) is 2.52. The van der Waals surface area contributed by atoms with E-state index < -0.39 is 4.92 Å². The number of amides is 1. The number of benzene rings is 1. The van der Waals surface area contributed by atoms with Gasteiger partial charge in [-0.15, -0.1) is 0 Å². The predicted octanol–water partition coefficient (Wildman–Crippen LogP) is 2.35. The van der Waals surface area contributed by atoms with Gasteiger partial charge in [0.05, 0.1) is 21.7 Å². The highest BCUT2D eigenvalue weighted by molar-refractivity contribution is 6.34. The Kier molecular flexibility index (Phi) is 4.25. The van der Waals surface area contributed by atoms with Gasteiger partial charge in [-0.05, 0) is 12.5 Å². The van der Waals surface area contributed by atoms with Gasteiger partial charge in [-0.25, -0.2) is 0 Å². The normalized spacial score (nSPS) is 18.9. The molecule has 1 aromatic rings. The van der Waals surface area contributed by atoms with Gasteiger partial charge in [-0.1, -0.05) is 25.4 Å². The summed E-state index contributed by atoms with van der Waals surface area (Å²) in [5.74, 6) is -0.0962. The Morgan fingerprint density at radius 2 is 2.20 bits per heavy atom. The third kappa shape index (κ3) is 2.91. The molecule has 1 atom stereocenters. The smallest absolute Gasteiger partial charge is 0.271 e. The number of carbonyl (C=O) groups is 1. The zero-order valence-corrected chi connectivity index (χ0v) is 12.1. The molecule has 1 heterocycles. The molecule has 1 aliphatic rings. The average molecular weight is 298 g/mol. The first kappa shape index (κ1) is 14.7. The van der Waals surface area contributed by atoms with E-state index in [2.05, 4.69) is 5.32 Å². The summed E-state index contributed by atoms with van der Waals surface area (Å²) < 4.78 is 0. The maximum atomic E-state index is 12.3. The summed E-state index contributed by atoms with van der Waals surface area (Å²) >= 11 is 6.06. The lowest BCUT2D eigenvalue weighted by atomic mass is 10.2. The van der Waals surface area contributed by atoms with E-state index >= 15 is 0 Å². The first-order valence-corrected chi connectivity index (χ1v) is 6.79. The Bertz CT molecular complexity index is 548. The van der Waals surface area contributed by atoms with Crippen LogP contribution in [0.15, 0.2) is 18.2 Å². The predicted molar refractivity (Wildman–Crippen MR) is 77.1 cm³/mol. The molecule has 0 aliphatic carbocycles. The minimum Gasteiger partial charge on any atom is -0.309 e. The van der Waals surface area contributed by atoms with E-state index in [9.17, 15) is 14.9 Å². The van der Waals surface area contributed by atoms with Crippen LogP contribution in [0.3, 0.4) is 0 Å². The first-order chi connectivity index (χ1) is 9.40. The highest BCUT2D eigenvalue weighted by atomic mass is 35.5. The molecule has 1 aromatic carbocycles. The Labute approximate surface area is 121 Å². The van der Waals surface area contributed by atoms with Gasteiger partial charge in [-0.3, -0.25) is 14.9 Å². The van der Waals surface area contributed by atoms with Crippen molar-refractivity contribution in [1.82, 2.24) is 5.32 Å². The molecule has 0 spiro atoms. The van der Waals surface area contributed by atoms with Crippen LogP contribution in [0, 0.1) is 10.1 Å². The highest BCUT2D eigenvalue weighted by Crippen LogP contribution is 2.32. The first-order valence-electron chi connectivity index (χ1n) is 6.41. The zero-order chi connectivity index (χ0) is 14.9. The molecule has 20 heavy (non-hydrogen) atoms. The van der Waals surface area contributed by atoms with Gasteiger partial charge in [0.15, 0.2) is 0 Å². The molecule has 0 radical (unpaired) electrons. The van der Waals surface area contributed by atoms with Gasteiger partial charge in [0, 0.05) is 24.7 Å². The molecular formula is C13H16ClN3O3. The molecule has 0 aromatic heterocycles. The van der Waals surface area contributed by atoms with Crippen LogP contribution in [0.2, 0.25) is 5.02 Å². The molecule has 1 saturated heterocycles. The monoisotopic (exact) mass is 297 g/mol. The van der Waals surface area contributed by atoms with E-state index in [1.807, 2.05) is 13.8 Å². The van der Waals surface area contributed by atoms with Gasteiger partial charge in [0.25, 0.3) is 5.69 Å². The summed E-state index contributed by atoms with van der Waals surface area (Å²) in [6, 6.07) is 4.06. The standard InChI is InChI=1S/C13H16ClN3O3/c1-8(2)15-11-5-6-16(13(11)18)12-7-9(17(19)20)3-4-10(12)14/h3-4,7-8,11,15H,5-6H2,1-2H3. The van der Waals surface area contributed by atoms with Crippen molar-refractivity contribution in [2.75, 3.05) is 11.4 Å². The second-order valence-electron chi connectivity index (χ2n) is 5.05. The number of hydrogen-bond acceptors (Lipinski definition) is 4. The fraction of sp³-hybridized carbons (Fsp3) is 0.462. The Morgan fingerprint density at radius 1 is 1.50 bits per heavy atom. The summed E-state index contributed by atoms with van der Waals surface area (Å²) in [7, 11) is 0. The maximum Gasteiger partial charge on any atom is 0.271 e. The van der Waals surface area contributed by atoms with Crippen molar-refractivity contribution in [3.63, 3.8) is 0 Å². The van der Waals surface area contributed by atoms with Gasteiger partial charge in [0.1, 0.15) is 0 Å². The lowest BCUT2D eigenvalue weighted by Crippen LogP contribution is -2.41. The van der Waals surface area contributed by atoms with E-state index in [0.717, 1.165) is 0 Å². The number of nitro benzene ring substituents is 1. The molecule has 1 aliphatic heterocycles. The van der Waals surface area contributed by atoms with E-state index in [0.29, 0.717) is 23.7 Å². The van der Waals surface area contributed by atoms with Gasteiger partial charge in [0.2, 0.25) is 5.91 Å². The van der Waals surface area contributed by atoms with Crippen LogP contribution >= 0.6 is 11.6 Å².